The molecule has 0 aliphatic rings. The molecule has 0 fully saturated rings. The molecule has 6 rings (SSSR count). The van der Waals surface area contributed by atoms with Crippen molar-refractivity contribution in [3.63, 3.8) is 0 Å². The number of benzene rings is 4. The summed E-state index contributed by atoms with van der Waals surface area (Å²) in [5.74, 6) is 0.616. The number of halogens is 2. The SMILES string of the molecule is C[Si](C)=[Ti+2].Cc1cc(-c2cc3ccccc3[cH-]2)c2ccccc2c1.Cc1cc2c(C(C)C)cccc2[cH-]1.[Cl-].[Cl-]. The molecule has 6 aromatic carbocycles. The van der Waals surface area contributed by atoms with E-state index < -0.39 is 0 Å². The zero-order chi connectivity index (χ0) is 26.5. The third-order valence-corrected chi connectivity index (χ3v) is 6.49. The summed E-state index contributed by atoms with van der Waals surface area (Å²) < 4.78 is 0. The Balaban J connectivity index is 0.000000245. The van der Waals surface area contributed by atoms with Gasteiger partial charge in [0.25, 0.3) is 0 Å². The molecule has 0 heterocycles. The zero-order valence-corrected chi connectivity index (χ0v) is 27.7. The maximum absolute atomic E-state index is 2.29. The molecule has 0 aromatic heterocycles. The van der Waals surface area contributed by atoms with Crippen molar-refractivity contribution in [3.8, 4) is 11.1 Å². The third kappa shape index (κ3) is 8.43. The van der Waals surface area contributed by atoms with Crippen LogP contribution < -0.4 is 24.8 Å². The van der Waals surface area contributed by atoms with E-state index in [-0.39, 0.29) is 31.0 Å². The molecule has 0 aliphatic carbocycles. The van der Waals surface area contributed by atoms with E-state index >= 15 is 0 Å². The van der Waals surface area contributed by atoms with Gasteiger partial charge in [0.15, 0.2) is 0 Å². The van der Waals surface area contributed by atoms with Crippen molar-refractivity contribution in [1.29, 1.82) is 0 Å². The van der Waals surface area contributed by atoms with Crippen molar-refractivity contribution in [2.45, 2.75) is 46.7 Å². The van der Waals surface area contributed by atoms with E-state index in [0.717, 1.165) is 0 Å². The average Bonchev–Trinajstić information content (AvgIpc) is 3.45. The van der Waals surface area contributed by atoms with Crippen molar-refractivity contribution < 1.29 is 44.0 Å². The molecular weight excluding hydrogens is 567 g/mol. The Bertz CT molecular complexity index is 1640. The predicted molar refractivity (Wildman–Crippen MR) is 163 cm³/mol. The number of hydrogen-bond donors (Lipinski definition) is 0. The Kier molecular flexibility index (Phi) is 12.7. The second kappa shape index (κ2) is 15.0. The van der Waals surface area contributed by atoms with Crippen LogP contribution in [0, 0.1) is 13.8 Å². The van der Waals surface area contributed by atoms with E-state index in [1.165, 1.54) is 60.1 Å². The smallest absolute Gasteiger partial charge is 0.0250 e. The van der Waals surface area contributed by atoms with Gasteiger partial charge in [0.1, 0.15) is 0 Å². The monoisotopic (exact) mass is 602 g/mol. The molecule has 200 valence electrons. The summed E-state index contributed by atoms with van der Waals surface area (Å²) in [6, 6.07) is 37.4. The first kappa shape index (κ1) is 33.1. The van der Waals surface area contributed by atoms with Gasteiger partial charge in [0.2, 0.25) is 0 Å². The molecule has 0 aliphatic heterocycles. The van der Waals surface area contributed by atoms with Crippen LogP contribution in [0.4, 0.5) is 0 Å². The van der Waals surface area contributed by atoms with E-state index in [0.29, 0.717) is 5.92 Å². The zero-order valence-electron chi connectivity index (χ0n) is 23.6. The van der Waals surface area contributed by atoms with Crippen LogP contribution in [0.3, 0.4) is 0 Å². The fourth-order valence-corrected chi connectivity index (χ4v) is 4.92. The van der Waals surface area contributed by atoms with Gasteiger partial charge in [-0.05, 0) is 23.6 Å². The van der Waals surface area contributed by atoms with Gasteiger partial charge in [-0.2, -0.15) is 6.07 Å². The molecule has 6 aromatic rings. The van der Waals surface area contributed by atoms with E-state index in [9.17, 15) is 0 Å². The van der Waals surface area contributed by atoms with Gasteiger partial charge in [-0.3, -0.25) is 0 Å². The molecule has 0 amide bonds. The van der Waals surface area contributed by atoms with Gasteiger partial charge in [-0.1, -0.05) is 98.1 Å². The molecule has 0 saturated carbocycles. The van der Waals surface area contributed by atoms with Crippen LogP contribution in [-0.2, 0) is 19.2 Å². The first-order valence-corrected chi connectivity index (χ1v) is 17.9. The molecule has 39 heavy (non-hydrogen) atoms. The number of hydrogen-bond acceptors (Lipinski definition) is 0. The molecule has 0 bridgehead atoms. The summed E-state index contributed by atoms with van der Waals surface area (Å²) >= 11 is 2.27. The Morgan fingerprint density at radius 1 is 0.667 bits per heavy atom. The fourth-order valence-electron chi connectivity index (χ4n) is 4.92. The van der Waals surface area contributed by atoms with Crippen molar-refractivity contribution in [2.75, 3.05) is 0 Å². The van der Waals surface area contributed by atoms with E-state index in [4.69, 9.17) is 0 Å². The average molecular weight is 604 g/mol. The third-order valence-electron chi connectivity index (χ3n) is 6.49. The van der Waals surface area contributed by atoms with Crippen molar-refractivity contribution in [1.82, 2.24) is 0 Å². The van der Waals surface area contributed by atoms with Gasteiger partial charge in [0, 0.05) is 0 Å². The fraction of sp³-hybridized carbons (Fsp3) is 0.200. The minimum absolute atomic E-state index is 0. The molecule has 0 nitrogen and oxygen atoms in total. The molecule has 0 unspecified atom stereocenters. The Labute approximate surface area is 258 Å². The second-order valence-electron chi connectivity index (χ2n) is 10.4. The maximum Gasteiger partial charge on any atom is -0.0250 e. The Hall–Kier alpha value is -2.13. The van der Waals surface area contributed by atoms with Crippen LogP contribution in [0.5, 0.6) is 0 Å². The van der Waals surface area contributed by atoms with Gasteiger partial charge < -0.3 is 24.8 Å². The van der Waals surface area contributed by atoms with Gasteiger partial charge in [0.05, 0.1) is 0 Å². The minimum Gasteiger partial charge on any atom is -1.00 e. The van der Waals surface area contributed by atoms with E-state index in [1.54, 1.807) is 0 Å². The maximum atomic E-state index is 2.29. The van der Waals surface area contributed by atoms with Crippen molar-refractivity contribution in [2.24, 2.45) is 0 Å². The summed E-state index contributed by atoms with van der Waals surface area (Å²) in [6.45, 7) is 13.4. The Morgan fingerprint density at radius 3 is 1.95 bits per heavy atom. The summed E-state index contributed by atoms with van der Waals surface area (Å²) in [7, 11) is 0. The summed E-state index contributed by atoms with van der Waals surface area (Å²) in [5.41, 5.74) is 6.78. The Morgan fingerprint density at radius 2 is 1.28 bits per heavy atom. The molecule has 0 saturated heterocycles. The quantitative estimate of drug-likeness (QED) is 0.203. The van der Waals surface area contributed by atoms with Crippen molar-refractivity contribution in [3.05, 3.63) is 120 Å². The standard InChI is InChI=1S/C20H15.C13H15.C2H6Si.2ClH.Ti/c1-14-10-17-8-4-5-9-19(17)20(11-14)18-12-15-6-2-3-7-16(15)13-18;1-9(2)12-6-4-5-11-7-10(3)8-13(11)12;1-3-2;;;/h2-13H,1H3;4-9H,1-3H3;1-2H3;2*1H;/q2*-1;;;;+2/p-2. The van der Waals surface area contributed by atoms with Crippen LogP contribution in [0.15, 0.2) is 103 Å². The predicted octanol–water partition coefficient (Wildman–Crippen LogP) is 4.47. The first-order chi connectivity index (χ1) is 17.7. The summed E-state index contributed by atoms with van der Waals surface area (Å²) in [6.07, 6.45) is 0.120. The van der Waals surface area contributed by atoms with Gasteiger partial charge in [-0.15, -0.1) is 69.1 Å². The molecule has 0 spiro atoms. The second-order valence-corrected chi connectivity index (χ2v) is 17.1. The normalized spacial score (nSPS) is 10.3. The van der Waals surface area contributed by atoms with Gasteiger partial charge >= 0.3 is 38.5 Å². The first-order valence-electron chi connectivity index (χ1n) is 13.1. The largest absolute Gasteiger partial charge is 1.00 e. The molecule has 4 heteroatoms. The molecule has 0 radical (unpaired) electrons. The topological polar surface area (TPSA) is 0 Å². The van der Waals surface area contributed by atoms with E-state index in [1.807, 2.05) is 0 Å². The summed E-state index contributed by atoms with van der Waals surface area (Å²) in [4.78, 5) is 0. The number of rotatable bonds is 2. The van der Waals surface area contributed by atoms with Crippen LogP contribution in [-0.4, -0.2) is 6.19 Å². The minimum atomic E-state index is 0. The number of fused-ring (bicyclic) bond motifs is 3. The van der Waals surface area contributed by atoms with E-state index in [2.05, 4.69) is 163 Å². The van der Waals surface area contributed by atoms with Crippen LogP contribution >= 0.6 is 0 Å². The molecule has 0 atom stereocenters. The van der Waals surface area contributed by atoms with Crippen LogP contribution in [0.1, 0.15) is 36.5 Å². The van der Waals surface area contributed by atoms with Gasteiger partial charge in [-0.25, -0.2) is 0 Å². The van der Waals surface area contributed by atoms with Crippen LogP contribution in [0.25, 0.3) is 43.4 Å². The van der Waals surface area contributed by atoms with Crippen LogP contribution in [0.2, 0.25) is 13.1 Å². The number of aryl methyl sites for hydroxylation is 2. The molecule has 0 N–H and O–H groups in total. The van der Waals surface area contributed by atoms with Crippen molar-refractivity contribution >= 4 is 38.5 Å². The molecular formula is C35H36Cl2SiTi-2. The summed E-state index contributed by atoms with van der Waals surface area (Å²) in [5, 5.41) is 8.07.